The standard InChI is InChI=1S/C20H30O2/c1-6-19(4)11-13-14(21)10-16-18(2,3)8-7-9-20(16,5)17(13)15(22)12-19/h6,13,16-17H,1,7-12H2,2-5H3. The number of Topliss-reactive ketones (excluding diaryl/α,β-unsaturated/α-hetero) is 2. The molecule has 122 valence electrons. The van der Waals surface area contributed by atoms with Crippen molar-refractivity contribution in [2.24, 2.45) is 34.0 Å². The van der Waals surface area contributed by atoms with Gasteiger partial charge in [0.05, 0.1) is 0 Å². The maximum Gasteiger partial charge on any atom is 0.138 e. The lowest BCUT2D eigenvalue weighted by Gasteiger charge is -2.60. The Kier molecular flexibility index (Phi) is 3.47. The summed E-state index contributed by atoms with van der Waals surface area (Å²) in [4.78, 5) is 25.9. The number of carbonyl (C=O) groups excluding carboxylic acids is 2. The number of hydrogen-bond acceptors (Lipinski definition) is 2. The molecule has 0 N–H and O–H groups in total. The van der Waals surface area contributed by atoms with Crippen molar-refractivity contribution in [2.75, 3.05) is 0 Å². The van der Waals surface area contributed by atoms with Crippen LogP contribution in [-0.2, 0) is 9.59 Å². The predicted octanol–water partition coefficient (Wildman–Crippen LogP) is 4.58. The first-order chi connectivity index (χ1) is 10.1. The zero-order chi connectivity index (χ0) is 16.3. The van der Waals surface area contributed by atoms with Crippen LogP contribution in [0.3, 0.4) is 0 Å². The summed E-state index contributed by atoms with van der Waals surface area (Å²) < 4.78 is 0. The Morgan fingerprint density at radius 1 is 1.09 bits per heavy atom. The van der Waals surface area contributed by atoms with Gasteiger partial charge in [-0.25, -0.2) is 0 Å². The van der Waals surface area contributed by atoms with E-state index in [2.05, 4.69) is 34.3 Å². The number of allylic oxidation sites excluding steroid dienone is 1. The van der Waals surface area contributed by atoms with Crippen LogP contribution in [-0.4, -0.2) is 11.6 Å². The Bertz CT molecular complexity index is 532. The summed E-state index contributed by atoms with van der Waals surface area (Å²) >= 11 is 0. The van der Waals surface area contributed by atoms with Gasteiger partial charge in [0.1, 0.15) is 11.6 Å². The molecule has 3 aliphatic carbocycles. The van der Waals surface area contributed by atoms with Gasteiger partial charge in [0.2, 0.25) is 0 Å². The summed E-state index contributed by atoms with van der Waals surface area (Å²) in [6.45, 7) is 12.9. The normalized spacial score (nSPS) is 47.5. The highest BCUT2D eigenvalue weighted by molar-refractivity contribution is 5.93. The zero-order valence-electron chi connectivity index (χ0n) is 14.6. The zero-order valence-corrected chi connectivity index (χ0v) is 14.6. The van der Waals surface area contributed by atoms with Crippen molar-refractivity contribution < 1.29 is 9.59 Å². The Labute approximate surface area is 134 Å². The smallest absolute Gasteiger partial charge is 0.138 e. The minimum absolute atomic E-state index is 0.0138. The third-order valence-electron chi connectivity index (χ3n) is 7.31. The third-order valence-corrected chi connectivity index (χ3v) is 7.31. The van der Waals surface area contributed by atoms with Crippen LogP contribution in [0.2, 0.25) is 0 Å². The van der Waals surface area contributed by atoms with Gasteiger partial charge in [-0.1, -0.05) is 40.2 Å². The molecule has 0 spiro atoms. The minimum atomic E-state index is -0.193. The molecule has 0 saturated heterocycles. The van der Waals surface area contributed by atoms with Crippen LogP contribution >= 0.6 is 0 Å². The van der Waals surface area contributed by atoms with Crippen LogP contribution in [0.4, 0.5) is 0 Å². The van der Waals surface area contributed by atoms with Crippen molar-refractivity contribution in [2.45, 2.75) is 66.2 Å². The Morgan fingerprint density at radius 2 is 1.77 bits per heavy atom. The SMILES string of the molecule is C=CC1(C)CC(=O)C2C(C1)C(=O)CC1C(C)(C)CCCC21C. The summed E-state index contributed by atoms with van der Waals surface area (Å²) in [7, 11) is 0. The molecule has 3 aliphatic rings. The van der Waals surface area contributed by atoms with Gasteiger partial charge in [0.15, 0.2) is 0 Å². The van der Waals surface area contributed by atoms with Crippen molar-refractivity contribution in [1.82, 2.24) is 0 Å². The average Bonchev–Trinajstić information content (AvgIpc) is 2.40. The molecule has 3 rings (SSSR count). The lowest BCUT2D eigenvalue weighted by molar-refractivity contribution is -0.166. The molecule has 3 fully saturated rings. The van der Waals surface area contributed by atoms with E-state index < -0.39 is 0 Å². The monoisotopic (exact) mass is 302 g/mol. The van der Waals surface area contributed by atoms with Gasteiger partial charge in [-0.3, -0.25) is 9.59 Å². The van der Waals surface area contributed by atoms with Crippen molar-refractivity contribution in [1.29, 1.82) is 0 Å². The molecule has 22 heavy (non-hydrogen) atoms. The molecule has 0 aromatic heterocycles. The fourth-order valence-corrected chi connectivity index (χ4v) is 6.11. The molecule has 5 atom stereocenters. The first-order valence-corrected chi connectivity index (χ1v) is 8.82. The van der Waals surface area contributed by atoms with Crippen LogP contribution in [0, 0.1) is 34.0 Å². The van der Waals surface area contributed by atoms with E-state index in [1.807, 2.05) is 6.08 Å². The highest BCUT2D eigenvalue weighted by atomic mass is 16.1. The minimum Gasteiger partial charge on any atom is -0.299 e. The quantitative estimate of drug-likeness (QED) is 0.664. The van der Waals surface area contributed by atoms with E-state index in [-0.39, 0.29) is 28.1 Å². The molecule has 2 heteroatoms. The second kappa shape index (κ2) is 4.79. The molecule has 3 saturated carbocycles. The maximum atomic E-state index is 13.0. The summed E-state index contributed by atoms with van der Waals surface area (Å²) in [5, 5.41) is 0. The van der Waals surface area contributed by atoms with Crippen molar-refractivity contribution in [3.05, 3.63) is 12.7 Å². The van der Waals surface area contributed by atoms with Crippen LogP contribution < -0.4 is 0 Å². The fourth-order valence-electron chi connectivity index (χ4n) is 6.11. The average molecular weight is 302 g/mol. The van der Waals surface area contributed by atoms with Gasteiger partial charge in [0, 0.05) is 24.7 Å². The number of rotatable bonds is 1. The highest BCUT2D eigenvalue weighted by Crippen LogP contribution is 2.63. The molecule has 0 amide bonds. The topological polar surface area (TPSA) is 34.1 Å². The molecular weight excluding hydrogens is 272 g/mol. The lowest BCUT2D eigenvalue weighted by atomic mass is 9.43. The molecule has 5 unspecified atom stereocenters. The van der Waals surface area contributed by atoms with Gasteiger partial charge in [-0.15, -0.1) is 6.58 Å². The number of hydrogen-bond donors (Lipinski definition) is 0. The molecular formula is C20H30O2. The van der Waals surface area contributed by atoms with E-state index in [1.165, 1.54) is 12.8 Å². The second-order valence-corrected chi connectivity index (χ2v) is 9.36. The van der Waals surface area contributed by atoms with Crippen LogP contribution in [0.25, 0.3) is 0 Å². The first-order valence-electron chi connectivity index (χ1n) is 8.82. The van der Waals surface area contributed by atoms with Gasteiger partial charge in [0.25, 0.3) is 0 Å². The summed E-state index contributed by atoms with van der Waals surface area (Å²) in [6.07, 6.45) is 7.41. The second-order valence-electron chi connectivity index (χ2n) is 9.36. The van der Waals surface area contributed by atoms with Crippen molar-refractivity contribution in [3.8, 4) is 0 Å². The van der Waals surface area contributed by atoms with Crippen LogP contribution in [0.5, 0.6) is 0 Å². The van der Waals surface area contributed by atoms with E-state index in [9.17, 15) is 9.59 Å². The molecule has 0 aromatic rings. The van der Waals surface area contributed by atoms with Crippen LogP contribution in [0.1, 0.15) is 66.2 Å². The van der Waals surface area contributed by atoms with Crippen LogP contribution in [0.15, 0.2) is 12.7 Å². The predicted molar refractivity (Wildman–Crippen MR) is 88.4 cm³/mol. The molecule has 0 radical (unpaired) electrons. The Balaban J connectivity index is 2.03. The molecule has 0 bridgehead atoms. The molecule has 2 nitrogen and oxygen atoms in total. The van der Waals surface area contributed by atoms with Gasteiger partial charge in [-0.2, -0.15) is 0 Å². The highest BCUT2D eigenvalue weighted by Gasteiger charge is 2.61. The maximum absolute atomic E-state index is 13.0. The molecule has 0 aliphatic heterocycles. The van der Waals surface area contributed by atoms with E-state index in [0.29, 0.717) is 30.3 Å². The van der Waals surface area contributed by atoms with Crippen molar-refractivity contribution >= 4 is 11.6 Å². The molecule has 0 heterocycles. The summed E-state index contributed by atoms with van der Waals surface area (Å²) in [5.74, 6) is 0.894. The van der Waals surface area contributed by atoms with Gasteiger partial charge in [-0.05, 0) is 41.4 Å². The number of carbonyl (C=O) groups is 2. The Hall–Kier alpha value is -0.920. The summed E-state index contributed by atoms with van der Waals surface area (Å²) in [5.41, 5.74) is -0.00566. The summed E-state index contributed by atoms with van der Waals surface area (Å²) in [6, 6.07) is 0. The third kappa shape index (κ3) is 2.13. The van der Waals surface area contributed by atoms with Crippen molar-refractivity contribution in [3.63, 3.8) is 0 Å². The first kappa shape index (κ1) is 16.0. The molecule has 0 aromatic carbocycles. The van der Waals surface area contributed by atoms with E-state index in [4.69, 9.17) is 0 Å². The van der Waals surface area contributed by atoms with Gasteiger partial charge >= 0.3 is 0 Å². The number of fused-ring (bicyclic) bond motifs is 3. The van der Waals surface area contributed by atoms with E-state index in [0.717, 1.165) is 12.8 Å². The van der Waals surface area contributed by atoms with E-state index >= 15 is 0 Å². The fraction of sp³-hybridized carbons (Fsp3) is 0.800. The largest absolute Gasteiger partial charge is 0.299 e. The van der Waals surface area contributed by atoms with E-state index in [1.54, 1.807) is 0 Å². The lowest BCUT2D eigenvalue weighted by Crippen LogP contribution is -2.59. The van der Waals surface area contributed by atoms with Gasteiger partial charge < -0.3 is 0 Å². The number of ketones is 2. The Morgan fingerprint density at radius 3 is 2.41 bits per heavy atom.